The third-order valence-corrected chi connectivity index (χ3v) is 5.75. The van der Waals surface area contributed by atoms with E-state index in [4.69, 9.17) is 4.98 Å². The van der Waals surface area contributed by atoms with Gasteiger partial charge in [0.25, 0.3) is 0 Å². The molecule has 1 nitrogen and oxygen atoms in total. The van der Waals surface area contributed by atoms with E-state index >= 15 is 0 Å². The molecule has 2 aromatic rings. The first-order valence-electron chi connectivity index (χ1n) is 7.14. The van der Waals surface area contributed by atoms with E-state index in [9.17, 15) is 0 Å². The fraction of sp³-hybridized carbons (Fsp3) is 0.471. The Labute approximate surface area is 148 Å². The van der Waals surface area contributed by atoms with E-state index in [1.165, 1.54) is 16.3 Å². The molecule has 0 amide bonds. The molecule has 0 aliphatic carbocycles. The summed E-state index contributed by atoms with van der Waals surface area (Å²) in [6.07, 6.45) is 2.13. The van der Waals surface area contributed by atoms with Crippen LogP contribution in [-0.2, 0) is 18.3 Å². The number of alkyl halides is 1. The van der Waals surface area contributed by atoms with Crippen LogP contribution < -0.4 is 0 Å². The molecule has 0 fully saturated rings. The van der Waals surface area contributed by atoms with Crippen molar-refractivity contribution in [2.45, 2.75) is 39.0 Å². The van der Waals surface area contributed by atoms with E-state index in [-0.39, 0.29) is 5.41 Å². The Morgan fingerprint density at radius 1 is 1.14 bits per heavy atom. The van der Waals surface area contributed by atoms with Gasteiger partial charge in [-0.05, 0) is 30.0 Å². The van der Waals surface area contributed by atoms with E-state index in [2.05, 4.69) is 82.3 Å². The number of rotatable bonds is 5. The summed E-state index contributed by atoms with van der Waals surface area (Å²) >= 11 is 8.94. The van der Waals surface area contributed by atoms with Crippen molar-refractivity contribution in [1.29, 1.82) is 0 Å². The average molecular weight is 431 g/mol. The predicted octanol–water partition coefficient (Wildman–Crippen LogP) is 6.00. The zero-order chi connectivity index (χ0) is 15.5. The van der Waals surface area contributed by atoms with Crippen LogP contribution in [0.25, 0.3) is 0 Å². The molecule has 1 heterocycles. The molecule has 0 saturated carbocycles. The summed E-state index contributed by atoms with van der Waals surface area (Å²) in [6, 6.07) is 8.62. The highest BCUT2D eigenvalue weighted by molar-refractivity contribution is 9.10. The molecule has 0 spiro atoms. The fourth-order valence-corrected chi connectivity index (χ4v) is 3.99. The first-order chi connectivity index (χ1) is 9.88. The lowest BCUT2D eigenvalue weighted by atomic mass is 9.93. The largest absolute Gasteiger partial charge is 0.246 e. The van der Waals surface area contributed by atoms with Gasteiger partial charge in [0, 0.05) is 27.0 Å². The normalized spacial score (nSPS) is 13.4. The average Bonchev–Trinajstić information content (AvgIpc) is 2.89. The summed E-state index contributed by atoms with van der Waals surface area (Å²) in [7, 11) is 0. The van der Waals surface area contributed by atoms with Crippen molar-refractivity contribution in [3.8, 4) is 0 Å². The molecular weight excluding hydrogens is 410 g/mol. The molecule has 0 saturated heterocycles. The van der Waals surface area contributed by atoms with Crippen LogP contribution in [0.2, 0.25) is 0 Å². The molecule has 1 aromatic heterocycles. The molecule has 2 rings (SSSR count). The molecular formula is C17H21Br2NS. The van der Waals surface area contributed by atoms with Crippen LogP contribution in [-0.4, -0.2) is 10.3 Å². The molecule has 1 unspecified atom stereocenters. The van der Waals surface area contributed by atoms with Gasteiger partial charge in [-0.15, -0.1) is 11.3 Å². The number of aromatic nitrogens is 1. The minimum absolute atomic E-state index is 0.143. The maximum Gasteiger partial charge on any atom is 0.0931 e. The van der Waals surface area contributed by atoms with E-state index < -0.39 is 0 Å². The summed E-state index contributed by atoms with van der Waals surface area (Å²) in [6.45, 7) is 6.65. The highest BCUT2D eigenvalue weighted by atomic mass is 79.9. The van der Waals surface area contributed by atoms with Gasteiger partial charge < -0.3 is 0 Å². The third-order valence-electron chi connectivity index (χ3n) is 3.44. The van der Waals surface area contributed by atoms with Gasteiger partial charge in [0.2, 0.25) is 0 Å². The Kier molecular flexibility index (Phi) is 6.04. The van der Waals surface area contributed by atoms with Crippen molar-refractivity contribution in [3.05, 3.63) is 50.4 Å². The first-order valence-corrected chi connectivity index (χ1v) is 9.93. The van der Waals surface area contributed by atoms with Crippen LogP contribution in [0, 0.1) is 5.92 Å². The molecule has 114 valence electrons. The Bertz CT molecular complexity index is 569. The van der Waals surface area contributed by atoms with Gasteiger partial charge in [0.05, 0.1) is 10.7 Å². The number of hydrogen-bond donors (Lipinski definition) is 0. The summed E-state index contributed by atoms with van der Waals surface area (Å²) in [4.78, 5) is 4.82. The van der Waals surface area contributed by atoms with Gasteiger partial charge in [-0.3, -0.25) is 0 Å². The Morgan fingerprint density at radius 3 is 2.33 bits per heavy atom. The topological polar surface area (TPSA) is 12.9 Å². The highest BCUT2D eigenvalue weighted by Crippen LogP contribution is 2.26. The maximum absolute atomic E-state index is 4.82. The first kappa shape index (κ1) is 17.2. The van der Waals surface area contributed by atoms with Crippen LogP contribution >= 0.6 is 43.2 Å². The minimum Gasteiger partial charge on any atom is -0.246 e. The molecule has 0 aliphatic rings. The van der Waals surface area contributed by atoms with E-state index in [0.717, 1.165) is 22.6 Å². The lowest BCUT2D eigenvalue weighted by Crippen LogP contribution is -2.13. The fourth-order valence-electron chi connectivity index (χ4n) is 2.13. The molecule has 1 aromatic carbocycles. The van der Waals surface area contributed by atoms with E-state index in [1.54, 1.807) is 11.3 Å². The smallest absolute Gasteiger partial charge is 0.0931 e. The number of nitrogens with zero attached hydrogens (tertiary/aromatic N) is 1. The molecule has 0 N–H and O–H groups in total. The molecule has 0 bridgehead atoms. The van der Waals surface area contributed by atoms with Crippen LogP contribution in [0.1, 0.15) is 37.0 Å². The van der Waals surface area contributed by atoms with Crippen molar-refractivity contribution in [2.24, 2.45) is 5.92 Å². The van der Waals surface area contributed by atoms with Gasteiger partial charge in [0.15, 0.2) is 0 Å². The zero-order valence-electron chi connectivity index (χ0n) is 12.7. The SMILES string of the molecule is CC(C)(C)c1csc(CC(CBr)Cc2ccc(Br)cc2)n1. The molecule has 1 atom stereocenters. The van der Waals surface area contributed by atoms with Crippen molar-refractivity contribution in [2.75, 3.05) is 5.33 Å². The van der Waals surface area contributed by atoms with Gasteiger partial charge in [-0.2, -0.15) is 0 Å². The number of thiazole rings is 1. The zero-order valence-corrected chi connectivity index (χ0v) is 16.7. The number of halogens is 2. The Hall–Kier alpha value is -0.190. The lowest BCUT2D eigenvalue weighted by Gasteiger charge is -2.15. The van der Waals surface area contributed by atoms with Crippen molar-refractivity contribution in [1.82, 2.24) is 4.98 Å². The monoisotopic (exact) mass is 429 g/mol. The van der Waals surface area contributed by atoms with E-state index in [1.807, 2.05) is 0 Å². The molecule has 21 heavy (non-hydrogen) atoms. The molecule has 0 radical (unpaired) electrons. The highest BCUT2D eigenvalue weighted by Gasteiger charge is 2.19. The van der Waals surface area contributed by atoms with Crippen LogP contribution in [0.4, 0.5) is 0 Å². The van der Waals surface area contributed by atoms with Crippen LogP contribution in [0.3, 0.4) is 0 Å². The number of hydrogen-bond acceptors (Lipinski definition) is 2. The van der Waals surface area contributed by atoms with Gasteiger partial charge in [-0.1, -0.05) is 64.8 Å². The van der Waals surface area contributed by atoms with Gasteiger partial charge in [0.1, 0.15) is 0 Å². The van der Waals surface area contributed by atoms with Crippen LogP contribution in [0.15, 0.2) is 34.1 Å². The van der Waals surface area contributed by atoms with E-state index in [0.29, 0.717) is 5.92 Å². The Balaban J connectivity index is 2.02. The summed E-state index contributed by atoms with van der Waals surface area (Å²) < 4.78 is 1.14. The van der Waals surface area contributed by atoms with Gasteiger partial charge in [-0.25, -0.2) is 4.98 Å². The Morgan fingerprint density at radius 2 is 1.81 bits per heavy atom. The minimum atomic E-state index is 0.143. The molecule has 0 aliphatic heterocycles. The quantitative estimate of drug-likeness (QED) is 0.530. The van der Waals surface area contributed by atoms with Gasteiger partial charge >= 0.3 is 0 Å². The lowest BCUT2D eigenvalue weighted by molar-refractivity contribution is 0.558. The predicted molar refractivity (Wildman–Crippen MR) is 99.6 cm³/mol. The standard InChI is InChI=1S/C17H21Br2NS/c1-17(2,3)15-11-21-16(20-15)9-13(10-18)8-12-4-6-14(19)7-5-12/h4-7,11,13H,8-10H2,1-3H3. The number of benzene rings is 1. The van der Waals surface area contributed by atoms with Crippen molar-refractivity contribution in [3.63, 3.8) is 0 Å². The summed E-state index contributed by atoms with van der Waals surface area (Å²) in [5.41, 5.74) is 2.74. The molecule has 4 heteroatoms. The second-order valence-electron chi connectivity index (χ2n) is 6.43. The summed E-state index contributed by atoms with van der Waals surface area (Å²) in [5.74, 6) is 0.588. The second kappa shape index (κ2) is 7.38. The maximum atomic E-state index is 4.82. The summed E-state index contributed by atoms with van der Waals surface area (Å²) in [5, 5.41) is 4.47. The van der Waals surface area contributed by atoms with Crippen molar-refractivity contribution < 1.29 is 0 Å². The van der Waals surface area contributed by atoms with Crippen molar-refractivity contribution >= 4 is 43.2 Å². The third kappa shape index (κ3) is 5.19. The second-order valence-corrected chi connectivity index (χ2v) is 8.94. The van der Waals surface area contributed by atoms with Crippen LogP contribution in [0.5, 0.6) is 0 Å².